The highest BCUT2D eigenvalue weighted by Crippen LogP contribution is 2.22. The molecular formula is C16H17FN2O2. The van der Waals surface area contributed by atoms with E-state index in [-0.39, 0.29) is 11.7 Å². The number of carbonyl (C=O) groups excluding carboxylic acids is 1. The van der Waals surface area contributed by atoms with Crippen LogP contribution in [0, 0.1) is 12.7 Å². The zero-order valence-electron chi connectivity index (χ0n) is 11.9. The van der Waals surface area contributed by atoms with E-state index in [4.69, 9.17) is 10.5 Å². The number of hydrogen-bond donors (Lipinski definition) is 2. The van der Waals surface area contributed by atoms with E-state index in [9.17, 15) is 9.18 Å². The molecule has 4 nitrogen and oxygen atoms in total. The first-order chi connectivity index (χ1) is 10.0. The number of halogens is 1. The maximum Gasteiger partial charge on any atom is 0.255 e. The van der Waals surface area contributed by atoms with Gasteiger partial charge in [-0.2, -0.15) is 0 Å². The first-order valence-electron chi connectivity index (χ1n) is 6.61. The molecule has 110 valence electrons. The molecule has 0 spiro atoms. The van der Waals surface area contributed by atoms with Crippen molar-refractivity contribution >= 4 is 17.3 Å². The van der Waals surface area contributed by atoms with Crippen LogP contribution in [-0.2, 0) is 0 Å². The molecule has 0 unspecified atom stereocenters. The van der Waals surface area contributed by atoms with Gasteiger partial charge in [0, 0.05) is 23.0 Å². The molecule has 3 N–H and O–H groups in total. The van der Waals surface area contributed by atoms with Crippen LogP contribution in [0.3, 0.4) is 0 Å². The Labute approximate surface area is 122 Å². The summed E-state index contributed by atoms with van der Waals surface area (Å²) in [5.74, 6) is -0.654. The second-order valence-electron chi connectivity index (χ2n) is 4.61. The van der Waals surface area contributed by atoms with Crippen molar-refractivity contribution < 1.29 is 13.9 Å². The van der Waals surface area contributed by atoms with Crippen LogP contribution in [0.25, 0.3) is 0 Å². The fourth-order valence-electron chi connectivity index (χ4n) is 1.99. The van der Waals surface area contributed by atoms with Crippen molar-refractivity contribution in [3.63, 3.8) is 0 Å². The van der Waals surface area contributed by atoms with Crippen LogP contribution >= 0.6 is 0 Å². The number of nitrogens with two attached hydrogens (primary N) is 1. The number of ether oxygens (including phenoxy) is 1. The summed E-state index contributed by atoms with van der Waals surface area (Å²) in [6.07, 6.45) is 0. The summed E-state index contributed by atoms with van der Waals surface area (Å²) in [5, 5.41) is 2.65. The molecule has 0 heterocycles. The fraction of sp³-hybridized carbons (Fsp3) is 0.188. The molecule has 2 aromatic carbocycles. The second kappa shape index (κ2) is 6.26. The summed E-state index contributed by atoms with van der Waals surface area (Å²) in [4.78, 5) is 12.2. The molecular weight excluding hydrogens is 271 g/mol. The molecule has 0 aliphatic carbocycles. The Morgan fingerprint density at radius 1 is 1.29 bits per heavy atom. The summed E-state index contributed by atoms with van der Waals surface area (Å²) in [7, 11) is 0. The SMILES string of the molecule is CCOc1ccc(NC(=O)c2ccc(N)cc2C)cc1F. The van der Waals surface area contributed by atoms with Gasteiger partial charge in [-0.05, 0) is 49.7 Å². The van der Waals surface area contributed by atoms with Gasteiger partial charge >= 0.3 is 0 Å². The van der Waals surface area contributed by atoms with Gasteiger partial charge in [0.15, 0.2) is 11.6 Å². The van der Waals surface area contributed by atoms with Crippen molar-refractivity contribution in [1.29, 1.82) is 0 Å². The number of benzene rings is 2. The normalized spacial score (nSPS) is 10.2. The third kappa shape index (κ3) is 3.51. The van der Waals surface area contributed by atoms with Crippen molar-refractivity contribution in [2.45, 2.75) is 13.8 Å². The van der Waals surface area contributed by atoms with Gasteiger partial charge in [0.05, 0.1) is 6.61 Å². The highest BCUT2D eigenvalue weighted by Gasteiger charge is 2.11. The molecule has 5 heteroatoms. The Morgan fingerprint density at radius 2 is 2.05 bits per heavy atom. The minimum atomic E-state index is -0.510. The number of amides is 1. The highest BCUT2D eigenvalue weighted by molar-refractivity contribution is 6.05. The van der Waals surface area contributed by atoms with Gasteiger partial charge in [-0.15, -0.1) is 0 Å². The summed E-state index contributed by atoms with van der Waals surface area (Å²) < 4.78 is 18.8. The fourth-order valence-corrected chi connectivity index (χ4v) is 1.99. The number of hydrogen-bond acceptors (Lipinski definition) is 3. The van der Waals surface area contributed by atoms with Crippen molar-refractivity contribution in [2.75, 3.05) is 17.7 Å². The first-order valence-corrected chi connectivity index (χ1v) is 6.61. The van der Waals surface area contributed by atoms with Crippen LogP contribution in [-0.4, -0.2) is 12.5 Å². The van der Waals surface area contributed by atoms with Crippen LogP contribution < -0.4 is 15.8 Å². The molecule has 0 saturated heterocycles. The van der Waals surface area contributed by atoms with Crippen LogP contribution in [0.15, 0.2) is 36.4 Å². The number of nitrogen functional groups attached to an aromatic ring is 1. The Kier molecular flexibility index (Phi) is 4.42. The molecule has 21 heavy (non-hydrogen) atoms. The lowest BCUT2D eigenvalue weighted by atomic mass is 10.1. The van der Waals surface area contributed by atoms with Crippen molar-refractivity contribution in [2.24, 2.45) is 0 Å². The van der Waals surface area contributed by atoms with E-state index < -0.39 is 5.82 Å². The molecule has 0 aromatic heterocycles. The van der Waals surface area contributed by atoms with E-state index >= 15 is 0 Å². The molecule has 0 aliphatic heterocycles. The number of rotatable bonds is 4. The molecule has 0 aliphatic rings. The van der Waals surface area contributed by atoms with Gasteiger partial charge < -0.3 is 15.8 Å². The third-order valence-corrected chi connectivity index (χ3v) is 2.98. The van der Waals surface area contributed by atoms with Crippen LogP contribution in [0.5, 0.6) is 5.75 Å². The van der Waals surface area contributed by atoms with Gasteiger partial charge in [-0.1, -0.05) is 0 Å². The van der Waals surface area contributed by atoms with E-state index in [1.165, 1.54) is 12.1 Å². The average Bonchev–Trinajstić information content (AvgIpc) is 2.41. The zero-order valence-corrected chi connectivity index (χ0v) is 11.9. The molecule has 0 bridgehead atoms. The monoisotopic (exact) mass is 288 g/mol. The van der Waals surface area contributed by atoms with Crippen LogP contribution in [0.2, 0.25) is 0 Å². The maximum absolute atomic E-state index is 13.7. The van der Waals surface area contributed by atoms with E-state index in [1.54, 1.807) is 38.1 Å². The molecule has 0 radical (unpaired) electrons. The summed E-state index contributed by atoms with van der Waals surface area (Å²) in [6.45, 7) is 3.95. The molecule has 0 fully saturated rings. The van der Waals surface area contributed by atoms with Gasteiger partial charge in [0.25, 0.3) is 5.91 Å². The van der Waals surface area contributed by atoms with E-state index in [0.717, 1.165) is 5.56 Å². The lowest BCUT2D eigenvalue weighted by Gasteiger charge is -2.10. The van der Waals surface area contributed by atoms with Gasteiger partial charge in [-0.25, -0.2) is 4.39 Å². The lowest BCUT2D eigenvalue weighted by Crippen LogP contribution is -2.13. The molecule has 0 saturated carbocycles. The third-order valence-electron chi connectivity index (χ3n) is 2.98. The predicted molar refractivity (Wildman–Crippen MR) is 81.1 cm³/mol. The predicted octanol–water partition coefficient (Wildman–Crippen LogP) is 3.37. The summed E-state index contributed by atoms with van der Waals surface area (Å²) >= 11 is 0. The average molecular weight is 288 g/mol. The number of nitrogens with one attached hydrogen (secondary N) is 1. The molecule has 2 rings (SSSR count). The van der Waals surface area contributed by atoms with Crippen molar-refractivity contribution in [1.82, 2.24) is 0 Å². The van der Waals surface area contributed by atoms with Crippen LogP contribution in [0.1, 0.15) is 22.8 Å². The van der Waals surface area contributed by atoms with Gasteiger partial charge in [-0.3, -0.25) is 4.79 Å². The molecule has 2 aromatic rings. The van der Waals surface area contributed by atoms with E-state index in [2.05, 4.69) is 5.32 Å². The Balaban J connectivity index is 2.17. The Bertz CT molecular complexity index is 671. The van der Waals surface area contributed by atoms with Gasteiger partial charge in [0.1, 0.15) is 0 Å². The summed E-state index contributed by atoms with van der Waals surface area (Å²) in [6, 6.07) is 9.33. The zero-order chi connectivity index (χ0) is 15.4. The second-order valence-corrected chi connectivity index (χ2v) is 4.61. The smallest absolute Gasteiger partial charge is 0.255 e. The van der Waals surface area contributed by atoms with E-state index in [0.29, 0.717) is 23.5 Å². The van der Waals surface area contributed by atoms with Crippen LogP contribution in [0.4, 0.5) is 15.8 Å². The van der Waals surface area contributed by atoms with Gasteiger partial charge in [0.2, 0.25) is 0 Å². The minimum absolute atomic E-state index is 0.166. The largest absolute Gasteiger partial charge is 0.491 e. The number of aryl methyl sites for hydroxylation is 1. The highest BCUT2D eigenvalue weighted by atomic mass is 19.1. The Morgan fingerprint density at radius 3 is 2.67 bits per heavy atom. The maximum atomic E-state index is 13.7. The quantitative estimate of drug-likeness (QED) is 0.848. The standard InChI is InChI=1S/C16H17FN2O2/c1-3-21-15-7-5-12(9-14(15)17)19-16(20)13-6-4-11(18)8-10(13)2/h4-9H,3,18H2,1-2H3,(H,19,20). The summed E-state index contributed by atoms with van der Waals surface area (Å²) in [5.41, 5.74) is 7.88. The van der Waals surface area contributed by atoms with Crippen molar-refractivity contribution in [3.8, 4) is 5.75 Å². The number of carbonyl (C=O) groups is 1. The minimum Gasteiger partial charge on any atom is -0.491 e. The molecule has 1 amide bonds. The topological polar surface area (TPSA) is 64.3 Å². The lowest BCUT2D eigenvalue weighted by molar-refractivity contribution is 0.102. The first kappa shape index (κ1) is 14.8. The Hall–Kier alpha value is -2.56. The molecule has 0 atom stereocenters. The number of anilines is 2. The van der Waals surface area contributed by atoms with E-state index in [1.807, 2.05) is 0 Å². The van der Waals surface area contributed by atoms with Crippen molar-refractivity contribution in [3.05, 3.63) is 53.3 Å².